The van der Waals surface area contributed by atoms with Crippen LogP contribution in [0.2, 0.25) is 0 Å². The van der Waals surface area contributed by atoms with Gasteiger partial charge in [0.1, 0.15) is 0 Å². The van der Waals surface area contributed by atoms with Gasteiger partial charge < -0.3 is 15.5 Å². The highest BCUT2D eigenvalue weighted by molar-refractivity contribution is 5.76. The first-order valence-corrected chi connectivity index (χ1v) is 24.9. The molecule has 3 N–H and O–H groups in total. The Kier molecular flexibility index (Phi) is 45.8. The van der Waals surface area contributed by atoms with E-state index in [1.165, 1.54) is 231 Å². The highest BCUT2D eigenvalue weighted by Gasteiger charge is 2.20. The summed E-state index contributed by atoms with van der Waals surface area (Å²) in [5.41, 5.74) is 0. The normalized spacial score (nSPS) is 12.9. The molecule has 0 aromatic rings. The van der Waals surface area contributed by atoms with Crippen LogP contribution in [-0.2, 0) is 4.79 Å². The first-order chi connectivity index (χ1) is 26.7. The number of unbranched alkanes of at least 4 members (excludes halogenated alkanes) is 37. The molecule has 0 bridgehead atoms. The van der Waals surface area contributed by atoms with Gasteiger partial charge in [-0.1, -0.05) is 251 Å². The van der Waals surface area contributed by atoms with Crippen molar-refractivity contribution < 1.29 is 15.0 Å². The number of rotatable bonds is 46. The predicted octanol–water partition coefficient (Wildman–Crippen LogP) is 15.8. The Morgan fingerprint density at radius 3 is 1.02 bits per heavy atom. The molecule has 0 aliphatic rings. The molecule has 54 heavy (non-hydrogen) atoms. The Bertz CT molecular complexity index is 739. The van der Waals surface area contributed by atoms with E-state index in [4.69, 9.17) is 0 Å². The van der Waals surface area contributed by atoms with Crippen LogP contribution in [0.4, 0.5) is 0 Å². The number of aliphatic hydroxyl groups excluding tert-OH is 2. The standard InChI is InChI=1S/C50H99NO3/c1-3-5-7-9-11-13-15-17-19-20-21-22-23-24-25-26-27-28-29-30-32-33-35-37-39-41-43-45-49(53)48(47-52)51-50(54)46-44-42-40-38-36-34-31-18-16-14-12-10-8-6-4-2/h18,31,48-49,52-53H,3-17,19-30,32-47H2,1-2H3,(H,51,54)/b31-18-. The van der Waals surface area contributed by atoms with Gasteiger partial charge in [-0.2, -0.15) is 0 Å². The molecule has 1 amide bonds. The van der Waals surface area contributed by atoms with Crippen LogP contribution in [0.15, 0.2) is 12.2 Å². The molecule has 0 aliphatic carbocycles. The number of carbonyl (C=O) groups is 1. The highest BCUT2D eigenvalue weighted by Crippen LogP contribution is 2.17. The Morgan fingerprint density at radius 2 is 0.704 bits per heavy atom. The van der Waals surface area contributed by atoms with E-state index in [0.29, 0.717) is 12.8 Å². The quantitative estimate of drug-likeness (QED) is 0.0427. The lowest BCUT2D eigenvalue weighted by molar-refractivity contribution is -0.123. The van der Waals surface area contributed by atoms with Gasteiger partial charge in [-0.3, -0.25) is 4.79 Å². The molecule has 0 spiro atoms. The van der Waals surface area contributed by atoms with E-state index < -0.39 is 12.1 Å². The summed E-state index contributed by atoms with van der Waals surface area (Å²) in [5, 5.41) is 23.2. The second kappa shape index (κ2) is 46.5. The average Bonchev–Trinajstić information content (AvgIpc) is 3.18. The molecule has 0 heterocycles. The molecule has 4 heteroatoms. The summed E-state index contributed by atoms with van der Waals surface area (Å²) in [5.74, 6) is -0.0362. The number of aliphatic hydroxyl groups is 2. The zero-order valence-electron chi connectivity index (χ0n) is 37.0. The molecule has 0 radical (unpaired) electrons. The predicted molar refractivity (Wildman–Crippen MR) is 239 cm³/mol. The van der Waals surface area contributed by atoms with Gasteiger partial charge in [0, 0.05) is 6.42 Å². The van der Waals surface area contributed by atoms with E-state index in [2.05, 4.69) is 31.3 Å². The lowest BCUT2D eigenvalue weighted by atomic mass is 10.0. The molecule has 322 valence electrons. The number of hydrogen-bond donors (Lipinski definition) is 3. The van der Waals surface area contributed by atoms with E-state index >= 15 is 0 Å². The van der Waals surface area contributed by atoms with Crippen LogP contribution in [0.1, 0.15) is 284 Å². The van der Waals surface area contributed by atoms with Crippen molar-refractivity contribution in [3.63, 3.8) is 0 Å². The van der Waals surface area contributed by atoms with Crippen LogP contribution < -0.4 is 5.32 Å². The van der Waals surface area contributed by atoms with Gasteiger partial charge >= 0.3 is 0 Å². The monoisotopic (exact) mass is 762 g/mol. The maximum absolute atomic E-state index is 12.4. The number of allylic oxidation sites excluding steroid dienone is 2. The third-order valence-electron chi connectivity index (χ3n) is 11.8. The Balaban J connectivity index is 3.43. The summed E-state index contributed by atoms with van der Waals surface area (Å²) >= 11 is 0. The number of carbonyl (C=O) groups excluding carboxylic acids is 1. The largest absolute Gasteiger partial charge is 0.394 e. The molecule has 0 saturated heterocycles. The molecule has 0 saturated carbocycles. The number of hydrogen-bond acceptors (Lipinski definition) is 3. The van der Waals surface area contributed by atoms with E-state index in [9.17, 15) is 15.0 Å². The topological polar surface area (TPSA) is 69.6 Å². The molecule has 4 nitrogen and oxygen atoms in total. The van der Waals surface area contributed by atoms with Gasteiger partial charge in [-0.15, -0.1) is 0 Å². The molecule has 0 aliphatic heterocycles. The summed E-state index contributed by atoms with van der Waals surface area (Å²) in [6.45, 7) is 4.37. The zero-order valence-corrected chi connectivity index (χ0v) is 37.0. The third kappa shape index (κ3) is 42.3. The number of amides is 1. The maximum Gasteiger partial charge on any atom is 0.220 e. The van der Waals surface area contributed by atoms with Crippen molar-refractivity contribution in [3.05, 3.63) is 12.2 Å². The lowest BCUT2D eigenvalue weighted by Gasteiger charge is -2.22. The van der Waals surface area contributed by atoms with Gasteiger partial charge in [-0.05, 0) is 38.5 Å². The Labute approximate surface area is 339 Å². The molecular weight excluding hydrogens is 663 g/mol. The summed E-state index contributed by atoms with van der Waals surface area (Å²) in [4.78, 5) is 12.4. The fraction of sp³-hybridized carbons (Fsp3) is 0.940. The van der Waals surface area contributed by atoms with Crippen LogP contribution in [0.3, 0.4) is 0 Å². The van der Waals surface area contributed by atoms with Gasteiger partial charge in [0.15, 0.2) is 0 Å². The summed E-state index contributed by atoms with van der Waals surface area (Å²) in [7, 11) is 0. The van der Waals surface area contributed by atoms with Crippen molar-refractivity contribution in [2.75, 3.05) is 6.61 Å². The van der Waals surface area contributed by atoms with Crippen LogP contribution >= 0.6 is 0 Å². The summed E-state index contributed by atoms with van der Waals surface area (Å²) in [6.07, 6.45) is 58.9. The fourth-order valence-corrected chi connectivity index (χ4v) is 7.95. The average molecular weight is 762 g/mol. The maximum atomic E-state index is 12.4. The van der Waals surface area contributed by atoms with Crippen molar-refractivity contribution in [1.82, 2.24) is 5.32 Å². The first kappa shape index (κ1) is 53.1. The van der Waals surface area contributed by atoms with E-state index in [-0.39, 0.29) is 12.5 Å². The van der Waals surface area contributed by atoms with E-state index in [0.717, 1.165) is 25.7 Å². The van der Waals surface area contributed by atoms with Crippen molar-refractivity contribution in [2.45, 2.75) is 296 Å². The Morgan fingerprint density at radius 1 is 0.426 bits per heavy atom. The molecule has 2 atom stereocenters. The molecule has 2 unspecified atom stereocenters. The van der Waals surface area contributed by atoms with Crippen LogP contribution in [-0.4, -0.2) is 34.9 Å². The highest BCUT2D eigenvalue weighted by atomic mass is 16.3. The fourth-order valence-electron chi connectivity index (χ4n) is 7.95. The molecular formula is C50H99NO3. The summed E-state index contributed by atoms with van der Waals surface area (Å²) < 4.78 is 0. The molecule has 0 aromatic heterocycles. The van der Waals surface area contributed by atoms with E-state index in [1.807, 2.05) is 0 Å². The minimum atomic E-state index is -0.660. The second-order valence-electron chi connectivity index (χ2n) is 17.2. The minimum Gasteiger partial charge on any atom is -0.394 e. The SMILES string of the molecule is CCCCCCCC/C=C\CCCCCCCC(=O)NC(CO)C(O)CCCCCCCCCCCCCCCCCCCCCCCCCCCCC. The third-order valence-corrected chi connectivity index (χ3v) is 11.8. The molecule has 0 aromatic carbocycles. The van der Waals surface area contributed by atoms with Gasteiger partial charge in [-0.25, -0.2) is 0 Å². The van der Waals surface area contributed by atoms with Gasteiger partial charge in [0.25, 0.3) is 0 Å². The minimum absolute atomic E-state index is 0.0362. The first-order valence-electron chi connectivity index (χ1n) is 24.9. The second-order valence-corrected chi connectivity index (χ2v) is 17.2. The molecule has 0 fully saturated rings. The number of nitrogens with one attached hydrogen (secondary N) is 1. The van der Waals surface area contributed by atoms with Crippen LogP contribution in [0, 0.1) is 0 Å². The van der Waals surface area contributed by atoms with Crippen molar-refractivity contribution in [3.8, 4) is 0 Å². The smallest absolute Gasteiger partial charge is 0.220 e. The van der Waals surface area contributed by atoms with Crippen LogP contribution in [0.25, 0.3) is 0 Å². The lowest BCUT2D eigenvalue weighted by Crippen LogP contribution is -2.45. The van der Waals surface area contributed by atoms with Crippen molar-refractivity contribution in [1.29, 1.82) is 0 Å². The van der Waals surface area contributed by atoms with E-state index in [1.54, 1.807) is 0 Å². The molecule has 0 rings (SSSR count). The van der Waals surface area contributed by atoms with Gasteiger partial charge in [0.05, 0.1) is 18.8 Å². The summed E-state index contributed by atoms with van der Waals surface area (Å²) in [6, 6.07) is -0.537. The van der Waals surface area contributed by atoms with Crippen molar-refractivity contribution >= 4 is 5.91 Å². The van der Waals surface area contributed by atoms with Crippen molar-refractivity contribution in [2.24, 2.45) is 0 Å². The Hall–Kier alpha value is -0.870. The van der Waals surface area contributed by atoms with Crippen LogP contribution in [0.5, 0.6) is 0 Å². The van der Waals surface area contributed by atoms with Gasteiger partial charge in [0.2, 0.25) is 5.91 Å². The zero-order chi connectivity index (χ0) is 39.3.